The van der Waals surface area contributed by atoms with Crippen molar-refractivity contribution in [1.82, 2.24) is 5.32 Å². The zero-order chi connectivity index (χ0) is 13.8. The lowest BCUT2D eigenvalue weighted by atomic mass is 10.1. The quantitative estimate of drug-likeness (QED) is 0.881. The van der Waals surface area contributed by atoms with Gasteiger partial charge in [0.1, 0.15) is 11.6 Å². The van der Waals surface area contributed by atoms with Crippen LogP contribution in [0.15, 0.2) is 35.7 Å². The standard InChI is InChI=1S/C14H15F2NOS/c1-9(14-3-2-6-19-14)17-8-13(18)11-7-10(15)4-5-12(11)16/h2-7,9,13,17-18H,8H2,1H3/t9-,13?/m1/s1. The number of hydrogen-bond acceptors (Lipinski definition) is 3. The summed E-state index contributed by atoms with van der Waals surface area (Å²) in [6, 6.07) is 7.07. The molecule has 1 heterocycles. The highest BCUT2D eigenvalue weighted by Crippen LogP contribution is 2.21. The van der Waals surface area contributed by atoms with E-state index in [1.165, 1.54) is 0 Å². The molecule has 0 amide bonds. The molecule has 2 atom stereocenters. The van der Waals surface area contributed by atoms with Crippen molar-refractivity contribution in [2.75, 3.05) is 6.54 Å². The normalized spacial score (nSPS) is 14.3. The molecule has 2 aromatic rings. The van der Waals surface area contributed by atoms with E-state index >= 15 is 0 Å². The lowest BCUT2D eigenvalue weighted by Crippen LogP contribution is -2.24. The highest BCUT2D eigenvalue weighted by Gasteiger charge is 2.15. The minimum atomic E-state index is -1.07. The third-order valence-corrected chi connectivity index (χ3v) is 3.96. The molecule has 0 bridgehead atoms. The number of benzene rings is 1. The first-order chi connectivity index (χ1) is 9.08. The monoisotopic (exact) mass is 283 g/mol. The Hall–Kier alpha value is -1.30. The van der Waals surface area contributed by atoms with E-state index in [0.29, 0.717) is 0 Å². The fraction of sp³-hybridized carbons (Fsp3) is 0.286. The SMILES string of the molecule is C[C@@H](NCC(O)c1cc(F)ccc1F)c1cccs1. The predicted molar refractivity (Wildman–Crippen MR) is 72.1 cm³/mol. The molecular weight excluding hydrogens is 268 g/mol. The number of rotatable bonds is 5. The van der Waals surface area contributed by atoms with Gasteiger partial charge in [-0.25, -0.2) is 8.78 Å². The van der Waals surface area contributed by atoms with Crippen LogP contribution < -0.4 is 5.32 Å². The predicted octanol–water partition coefficient (Wildman–Crippen LogP) is 3.41. The highest BCUT2D eigenvalue weighted by atomic mass is 32.1. The van der Waals surface area contributed by atoms with Gasteiger partial charge in [0.05, 0.1) is 6.10 Å². The summed E-state index contributed by atoms with van der Waals surface area (Å²) in [5.74, 6) is -1.15. The molecular formula is C14H15F2NOS. The summed E-state index contributed by atoms with van der Waals surface area (Å²) in [7, 11) is 0. The van der Waals surface area contributed by atoms with E-state index in [4.69, 9.17) is 0 Å². The van der Waals surface area contributed by atoms with E-state index in [2.05, 4.69) is 5.32 Å². The van der Waals surface area contributed by atoms with E-state index in [0.717, 1.165) is 23.1 Å². The first-order valence-electron chi connectivity index (χ1n) is 5.97. The van der Waals surface area contributed by atoms with Crippen LogP contribution >= 0.6 is 11.3 Å². The van der Waals surface area contributed by atoms with Gasteiger partial charge in [-0.05, 0) is 36.6 Å². The Morgan fingerprint density at radius 2 is 2.11 bits per heavy atom. The molecule has 0 saturated carbocycles. The first-order valence-corrected chi connectivity index (χ1v) is 6.85. The van der Waals surface area contributed by atoms with Crippen LogP contribution in [0.5, 0.6) is 0 Å². The number of hydrogen-bond donors (Lipinski definition) is 2. The van der Waals surface area contributed by atoms with E-state index < -0.39 is 17.7 Å². The number of aliphatic hydroxyl groups is 1. The average molecular weight is 283 g/mol. The van der Waals surface area contributed by atoms with Crippen LogP contribution in [0.1, 0.15) is 29.5 Å². The maximum atomic E-state index is 13.5. The number of halogens is 2. The molecule has 2 nitrogen and oxygen atoms in total. The molecule has 5 heteroatoms. The third-order valence-electron chi connectivity index (χ3n) is 2.90. The number of thiophene rings is 1. The van der Waals surface area contributed by atoms with E-state index in [-0.39, 0.29) is 18.2 Å². The molecule has 0 aliphatic rings. The van der Waals surface area contributed by atoms with Crippen molar-refractivity contribution in [3.63, 3.8) is 0 Å². The van der Waals surface area contributed by atoms with Crippen LogP contribution in [0.3, 0.4) is 0 Å². The molecule has 19 heavy (non-hydrogen) atoms. The summed E-state index contributed by atoms with van der Waals surface area (Å²) in [6.45, 7) is 2.12. The first kappa shape index (κ1) is 14.1. The van der Waals surface area contributed by atoms with Gasteiger partial charge in [0.25, 0.3) is 0 Å². The van der Waals surface area contributed by atoms with Gasteiger partial charge >= 0.3 is 0 Å². The van der Waals surface area contributed by atoms with Crippen molar-refractivity contribution in [2.45, 2.75) is 19.1 Å². The summed E-state index contributed by atoms with van der Waals surface area (Å²) in [5.41, 5.74) is -0.0223. The molecule has 2 N–H and O–H groups in total. The summed E-state index contributed by atoms with van der Waals surface area (Å²) in [4.78, 5) is 1.13. The molecule has 0 saturated heterocycles. The summed E-state index contributed by atoms with van der Waals surface area (Å²) < 4.78 is 26.5. The van der Waals surface area contributed by atoms with Gasteiger partial charge < -0.3 is 10.4 Å². The molecule has 2 rings (SSSR count). The third kappa shape index (κ3) is 3.59. The lowest BCUT2D eigenvalue weighted by Gasteiger charge is -2.17. The van der Waals surface area contributed by atoms with E-state index in [1.807, 2.05) is 24.4 Å². The molecule has 1 aromatic carbocycles. The largest absolute Gasteiger partial charge is 0.387 e. The molecule has 1 aromatic heterocycles. The Bertz CT molecular complexity index is 530. The number of aliphatic hydroxyl groups excluding tert-OH is 1. The van der Waals surface area contributed by atoms with Crippen molar-refractivity contribution < 1.29 is 13.9 Å². The minimum absolute atomic E-state index is 0.0223. The van der Waals surface area contributed by atoms with E-state index in [1.54, 1.807) is 11.3 Å². The Morgan fingerprint density at radius 3 is 2.79 bits per heavy atom. The molecule has 0 aliphatic heterocycles. The summed E-state index contributed by atoms with van der Waals surface area (Å²) >= 11 is 1.61. The van der Waals surface area contributed by atoms with Crippen LogP contribution in [0.2, 0.25) is 0 Å². The minimum Gasteiger partial charge on any atom is -0.387 e. The van der Waals surface area contributed by atoms with Crippen LogP contribution in [0, 0.1) is 11.6 Å². The van der Waals surface area contributed by atoms with Crippen LogP contribution in [0.4, 0.5) is 8.78 Å². The lowest BCUT2D eigenvalue weighted by molar-refractivity contribution is 0.166. The fourth-order valence-electron chi connectivity index (χ4n) is 1.81. The molecule has 1 unspecified atom stereocenters. The van der Waals surface area contributed by atoms with Crippen LogP contribution in [-0.2, 0) is 0 Å². The van der Waals surface area contributed by atoms with E-state index in [9.17, 15) is 13.9 Å². The van der Waals surface area contributed by atoms with Crippen molar-refractivity contribution in [3.8, 4) is 0 Å². The molecule has 0 fully saturated rings. The van der Waals surface area contributed by atoms with Gasteiger partial charge in [0.15, 0.2) is 0 Å². The van der Waals surface area contributed by atoms with Crippen molar-refractivity contribution in [3.05, 3.63) is 57.8 Å². The Kier molecular flexibility index (Phi) is 4.63. The maximum Gasteiger partial charge on any atom is 0.129 e. The van der Waals surface area contributed by atoms with Crippen LogP contribution in [-0.4, -0.2) is 11.7 Å². The summed E-state index contributed by atoms with van der Waals surface area (Å²) in [6.07, 6.45) is -1.07. The number of nitrogens with one attached hydrogen (secondary N) is 1. The Morgan fingerprint density at radius 1 is 1.32 bits per heavy atom. The Labute approximate surface area is 114 Å². The Balaban J connectivity index is 1.97. The second-order valence-corrected chi connectivity index (χ2v) is 5.31. The van der Waals surface area contributed by atoms with Gasteiger partial charge in [-0.3, -0.25) is 0 Å². The molecule has 0 aliphatic carbocycles. The van der Waals surface area contributed by atoms with Crippen molar-refractivity contribution in [1.29, 1.82) is 0 Å². The van der Waals surface area contributed by atoms with Gasteiger partial charge in [0.2, 0.25) is 0 Å². The fourth-order valence-corrected chi connectivity index (χ4v) is 2.57. The van der Waals surface area contributed by atoms with Gasteiger partial charge in [-0.2, -0.15) is 0 Å². The second kappa shape index (κ2) is 6.23. The zero-order valence-electron chi connectivity index (χ0n) is 10.4. The van der Waals surface area contributed by atoms with Gasteiger partial charge in [-0.15, -0.1) is 11.3 Å². The molecule has 102 valence electrons. The average Bonchev–Trinajstić information content (AvgIpc) is 2.92. The molecule has 0 radical (unpaired) electrons. The molecule has 0 spiro atoms. The smallest absolute Gasteiger partial charge is 0.129 e. The van der Waals surface area contributed by atoms with Gasteiger partial charge in [-0.1, -0.05) is 6.07 Å². The topological polar surface area (TPSA) is 32.3 Å². The highest BCUT2D eigenvalue weighted by molar-refractivity contribution is 7.10. The van der Waals surface area contributed by atoms with Crippen molar-refractivity contribution >= 4 is 11.3 Å². The maximum absolute atomic E-state index is 13.5. The second-order valence-electron chi connectivity index (χ2n) is 4.33. The zero-order valence-corrected chi connectivity index (χ0v) is 11.3. The van der Waals surface area contributed by atoms with Crippen LogP contribution in [0.25, 0.3) is 0 Å². The summed E-state index contributed by atoms with van der Waals surface area (Å²) in [5, 5.41) is 15.0. The van der Waals surface area contributed by atoms with Gasteiger partial charge in [0, 0.05) is 23.0 Å². The van der Waals surface area contributed by atoms with Crippen molar-refractivity contribution in [2.24, 2.45) is 0 Å².